The lowest BCUT2D eigenvalue weighted by Crippen LogP contribution is -2.28. The second-order valence-electron chi connectivity index (χ2n) is 4.19. The van der Waals surface area contributed by atoms with Gasteiger partial charge in [-0.05, 0) is 24.6 Å². The van der Waals surface area contributed by atoms with Crippen LogP contribution in [-0.2, 0) is 16.6 Å². The Morgan fingerprint density at radius 2 is 2.14 bits per heavy atom. The zero-order valence-electron chi connectivity index (χ0n) is 10.8. The fourth-order valence-corrected chi connectivity index (χ4v) is 3.81. The van der Waals surface area contributed by atoms with Crippen molar-refractivity contribution in [1.29, 1.82) is 0 Å². The van der Waals surface area contributed by atoms with Gasteiger partial charge in [-0.15, -0.1) is 10.2 Å². The number of tetrazole rings is 1. The van der Waals surface area contributed by atoms with E-state index in [0.29, 0.717) is 5.56 Å². The van der Waals surface area contributed by atoms with Crippen LogP contribution in [0.15, 0.2) is 17.0 Å². The predicted molar refractivity (Wildman–Crippen MR) is 77.3 cm³/mol. The van der Waals surface area contributed by atoms with Crippen LogP contribution in [0, 0.1) is 0 Å². The summed E-state index contributed by atoms with van der Waals surface area (Å²) in [5.41, 5.74) is 5.96. The smallest absolute Gasteiger partial charge is 0.242 e. The first-order chi connectivity index (χ1) is 9.85. The second kappa shape index (κ2) is 6.24. The van der Waals surface area contributed by atoms with E-state index in [1.165, 1.54) is 12.1 Å². The molecule has 0 saturated carbocycles. The topological polar surface area (TPSA) is 127 Å². The number of nitrogens with two attached hydrogens (primary N) is 1. The maximum absolute atomic E-state index is 12.4. The lowest BCUT2D eigenvalue weighted by Gasteiger charge is -2.14. The normalized spacial score (nSPS) is 13.3. The first kappa shape index (κ1) is 16.1. The highest BCUT2D eigenvalue weighted by atomic mass is 35.5. The van der Waals surface area contributed by atoms with Gasteiger partial charge in [-0.3, -0.25) is 0 Å². The highest BCUT2D eigenvalue weighted by Crippen LogP contribution is 2.29. The van der Waals surface area contributed by atoms with Crippen LogP contribution in [0.1, 0.15) is 24.4 Å². The molecule has 0 amide bonds. The van der Waals surface area contributed by atoms with E-state index in [0.717, 1.165) is 0 Å². The third kappa shape index (κ3) is 3.50. The summed E-state index contributed by atoms with van der Waals surface area (Å²) in [4.78, 5) is -0.146. The van der Waals surface area contributed by atoms with Crippen molar-refractivity contribution in [3.63, 3.8) is 0 Å². The Morgan fingerprint density at radius 1 is 1.43 bits per heavy atom. The van der Waals surface area contributed by atoms with Crippen molar-refractivity contribution in [3.8, 4) is 0 Å². The van der Waals surface area contributed by atoms with Crippen LogP contribution >= 0.6 is 23.2 Å². The minimum Gasteiger partial charge on any atom is -0.326 e. The van der Waals surface area contributed by atoms with E-state index in [4.69, 9.17) is 28.9 Å². The summed E-state index contributed by atoms with van der Waals surface area (Å²) in [5.74, 6) is 0.204. The fourth-order valence-electron chi connectivity index (χ4n) is 1.66. The molecule has 4 N–H and O–H groups in total. The molecule has 0 aliphatic rings. The van der Waals surface area contributed by atoms with E-state index >= 15 is 0 Å². The van der Waals surface area contributed by atoms with Gasteiger partial charge in [0.15, 0.2) is 5.82 Å². The Labute approximate surface area is 131 Å². The molecule has 1 aromatic carbocycles. The molecular formula is C10H12Cl2N6O2S. The highest BCUT2D eigenvalue weighted by Gasteiger charge is 2.24. The van der Waals surface area contributed by atoms with Crippen LogP contribution in [0.4, 0.5) is 0 Å². The van der Waals surface area contributed by atoms with Gasteiger partial charge in [-0.1, -0.05) is 28.4 Å². The molecule has 0 radical (unpaired) electrons. The molecule has 1 atom stereocenters. The third-order valence-electron chi connectivity index (χ3n) is 2.67. The predicted octanol–water partition coefficient (Wildman–Crippen LogP) is 1.00. The molecule has 1 heterocycles. The monoisotopic (exact) mass is 350 g/mol. The minimum absolute atomic E-state index is 0.0368. The summed E-state index contributed by atoms with van der Waals surface area (Å²) in [6, 6.07) is 2.09. The molecule has 0 aliphatic carbocycles. The second-order valence-corrected chi connectivity index (χ2v) is 6.69. The van der Waals surface area contributed by atoms with Crippen molar-refractivity contribution < 1.29 is 8.42 Å². The number of nitrogens with zero attached hydrogens (tertiary/aromatic N) is 3. The summed E-state index contributed by atoms with van der Waals surface area (Å²) in [7, 11) is -3.91. The molecule has 11 heteroatoms. The van der Waals surface area contributed by atoms with Crippen LogP contribution in [0.2, 0.25) is 10.0 Å². The molecule has 0 spiro atoms. The number of aromatic nitrogens is 4. The average Bonchev–Trinajstić information content (AvgIpc) is 2.94. The number of hydrogen-bond acceptors (Lipinski definition) is 6. The zero-order chi connectivity index (χ0) is 15.6. The van der Waals surface area contributed by atoms with Gasteiger partial charge >= 0.3 is 0 Å². The summed E-state index contributed by atoms with van der Waals surface area (Å²) in [6.45, 7) is 1.65. The van der Waals surface area contributed by atoms with Crippen molar-refractivity contribution in [2.45, 2.75) is 24.4 Å². The molecule has 1 unspecified atom stereocenters. The van der Waals surface area contributed by atoms with Crippen molar-refractivity contribution in [1.82, 2.24) is 25.3 Å². The molecule has 0 aliphatic heterocycles. The molecule has 2 rings (SSSR count). The van der Waals surface area contributed by atoms with Crippen molar-refractivity contribution >= 4 is 33.2 Å². The van der Waals surface area contributed by atoms with Crippen LogP contribution < -0.4 is 10.5 Å². The number of benzene rings is 1. The van der Waals surface area contributed by atoms with Crippen molar-refractivity contribution in [3.05, 3.63) is 33.6 Å². The number of halogens is 2. The van der Waals surface area contributed by atoms with E-state index in [-0.39, 0.29) is 27.3 Å². The maximum Gasteiger partial charge on any atom is 0.242 e. The third-order valence-corrected chi connectivity index (χ3v) is 5.01. The lowest BCUT2D eigenvalue weighted by molar-refractivity contribution is 0.560. The highest BCUT2D eigenvalue weighted by molar-refractivity contribution is 7.89. The maximum atomic E-state index is 12.4. The summed E-state index contributed by atoms with van der Waals surface area (Å²) in [6.07, 6.45) is 0. The lowest BCUT2D eigenvalue weighted by atomic mass is 10.2. The Bertz CT molecular complexity index is 734. The Kier molecular flexibility index (Phi) is 4.79. The Morgan fingerprint density at radius 3 is 2.71 bits per heavy atom. The van der Waals surface area contributed by atoms with Gasteiger partial charge in [0.2, 0.25) is 10.0 Å². The molecule has 2 aromatic rings. The van der Waals surface area contributed by atoms with E-state index in [1.807, 2.05) is 0 Å². The van der Waals surface area contributed by atoms with Gasteiger partial charge in [0.25, 0.3) is 0 Å². The number of rotatable bonds is 5. The number of hydrogen-bond donors (Lipinski definition) is 3. The van der Waals surface area contributed by atoms with Gasteiger partial charge in [-0.25, -0.2) is 13.1 Å². The van der Waals surface area contributed by atoms with Crippen LogP contribution in [-0.4, -0.2) is 29.0 Å². The largest absolute Gasteiger partial charge is 0.326 e. The molecule has 21 heavy (non-hydrogen) atoms. The number of sulfonamides is 1. The quantitative estimate of drug-likeness (QED) is 0.738. The molecule has 0 saturated heterocycles. The molecule has 8 nitrogen and oxygen atoms in total. The minimum atomic E-state index is -3.91. The summed E-state index contributed by atoms with van der Waals surface area (Å²) >= 11 is 12.0. The van der Waals surface area contributed by atoms with E-state index in [1.54, 1.807) is 6.92 Å². The fraction of sp³-hybridized carbons (Fsp3) is 0.300. The molecular weight excluding hydrogens is 339 g/mol. The number of nitrogens with one attached hydrogen (secondary N) is 2. The van der Waals surface area contributed by atoms with Crippen molar-refractivity contribution in [2.75, 3.05) is 0 Å². The van der Waals surface area contributed by atoms with Gasteiger partial charge in [-0.2, -0.15) is 5.21 Å². The molecule has 0 bridgehead atoms. The van der Waals surface area contributed by atoms with E-state index < -0.39 is 16.1 Å². The number of H-pyrrole nitrogens is 1. The molecule has 1 aromatic heterocycles. The Hall–Kier alpha value is -1.26. The van der Waals surface area contributed by atoms with Gasteiger partial charge in [0.1, 0.15) is 4.90 Å². The molecule has 0 fully saturated rings. The Balaban J connectivity index is 2.38. The van der Waals surface area contributed by atoms with Crippen LogP contribution in [0.5, 0.6) is 0 Å². The summed E-state index contributed by atoms with van der Waals surface area (Å²) in [5, 5.41) is 13.3. The van der Waals surface area contributed by atoms with Gasteiger partial charge < -0.3 is 5.73 Å². The zero-order valence-corrected chi connectivity index (χ0v) is 13.2. The van der Waals surface area contributed by atoms with Gasteiger partial charge in [0, 0.05) is 11.6 Å². The van der Waals surface area contributed by atoms with Crippen LogP contribution in [0.25, 0.3) is 0 Å². The molecule has 114 valence electrons. The first-order valence-corrected chi connectivity index (χ1v) is 8.02. The van der Waals surface area contributed by atoms with E-state index in [2.05, 4.69) is 25.3 Å². The first-order valence-electron chi connectivity index (χ1n) is 5.79. The van der Waals surface area contributed by atoms with Crippen LogP contribution in [0.3, 0.4) is 0 Å². The summed E-state index contributed by atoms with van der Waals surface area (Å²) < 4.78 is 27.2. The standard InChI is InChI=1S/C10H12Cl2N6O2S/c1-5(10-14-17-18-15-10)16-21(19,20)8-3-7(11)2-6(4-13)9(8)12/h2-3,5,16H,4,13H2,1H3,(H,14,15,17,18). The van der Waals surface area contributed by atoms with Crippen molar-refractivity contribution in [2.24, 2.45) is 5.73 Å². The SMILES string of the molecule is CC(NS(=O)(=O)c1cc(Cl)cc(CN)c1Cl)c1nn[nH]n1. The average molecular weight is 351 g/mol. The number of aromatic amines is 1. The van der Waals surface area contributed by atoms with Gasteiger partial charge in [0.05, 0.1) is 11.1 Å². The van der Waals surface area contributed by atoms with E-state index in [9.17, 15) is 8.42 Å².